The molecule has 4 amide bonds. The summed E-state index contributed by atoms with van der Waals surface area (Å²) < 4.78 is 33.2. The predicted octanol–water partition coefficient (Wildman–Crippen LogP) is 3.27. The van der Waals surface area contributed by atoms with Crippen LogP contribution in [0.25, 0.3) is 0 Å². The molecule has 1 heterocycles. The Morgan fingerprint density at radius 3 is 2.18 bits per heavy atom. The number of hydrogen-bond acceptors (Lipinski definition) is 15. The summed E-state index contributed by atoms with van der Waals surface area (Å²) >= 11 is 0. The number of non-ortho nitro benzene ring substituents is 1. The third-order valence-electron chi connectivity index (χ3n) is 7.84. The highest BCUT2D eigenvalue weighted by Crippen LogP contribution is 2.35. The maximum atomic E-state index is 12.7. The van der Waals surface area contributed by atoms with E-state index in [1.54, 1.807) is 20.8 Å². The van der Waals surface area contributed by atoms with E-state index in [1.807, 2.05) is 26.3 Å². The lowest BCUT2D eigenvalue weighted by molar-refractivity contribution is -0.384. The van der Waals surface area contributed by atoms with Crippen molar-refractivity contribution < 1.29 is 66.9 Å². The van der Waals surface area contributed by atoms with Crippen LogP contribution in [0.2, 0.25) is 0 Å². The predicted molar refractivity (Wildman–Crippen MR) is 189 cm³/mol. The molecule has 2 unspecified atom stereocenters. The lowest BCUT2D eigenvalue weighted by Crippen LogP contribution is -2.52. The summed E-state index contributed by atoms with van der Waals surface area (Å²) in [6.07, 6.45) is -4.19. The highest BCUT2D eigenvalue weighted by Gasteiger charge is 2.43. The molecule has 55 heavy (non-hydrogen) atoms. The molecule has 1 aliphatic rings. The van der Waals surface area contributed by atoms with Gasteiger partial charge in [0.2, 0.25) is 24.0 Å². The van der Waals surface area contributed by atoms with Crippen LogP contribution in [0.1, 0.15) is 54.0 Å². The van der Waals surface area contributed by atoms with Gasteiger partial charge in [-0.3, -0.25) is 34.1 Å². The first-order valence-electron chi connectivity index (χ1n) is 17.0. The number of nitrogens with zero attached hydrogens (tertiary/aromatic N) is 1. The number of hydroxylamine groups is 1. The number of amides is 4. The fourth-order valence-electron chi connectivity index (χ4n) is 4.88. The van der Waals surface area contributed by atoms with Crippen molar-refractivity contribution in [2.45, 2.75) is 79.2 Å². The second kappa shape index (κ2) is 19.9. The van der Waals surface area contributed by atoms with E-state index in [-0.39, 0.29) is 46.4 Å². The minimum atomic E-state index is -1.15. The number of anilines is 1. The summed E-state index contributed by atoms with van der Waals surface area (Å²) in [6.45, 7) is 9.85. The number of carbonyl (C=O) groups excluding carboxylic acids is 6. The van der Waals surface area contributed by atoms with Crippen LogP contribution in [0.4, 0.5) is 21.0 Å². The Balaban J connectivity index is 1.64. The van der Waals surface area contributed by atoms with Crippen LogP contribution in [0, 0.1) is 22.0 Å². The van der Waals surface area contributed by atoms with Crippen molar-refractivity contribution >= 4 is 47.3 Å². The number of esters is 1. The van der Waals surface area contributed by atoms with E-state index in [9.17, 15) is 38.9 Å². The maximum absolute atomic E-state index is 12.7. The summed E-state index contributed by atoms with van der Waals surface area (Å²) in [7, 11) is 0. The van der Waals surface area contributed by atoms with Crippen LogP contribution in [0.5, 0.6) is 11.5 Å². The van der Waals surface area contributed by atoms with E-state index < -0.39 is 85.2 Å². The fraction of sp³-hybridized carbons (Fsp3) is 0.486. The minimum absolute atomic E-state index is 0.0117. The molecule has 2 aromatic rings. The van der Waals surface area contributed by atoms with Gasteiger partial charge in [-0.25, -0.2) is 9.59 Å². The maximum Gasteiger partial charge on any atom is 0.514 e. The SMILES string of the molecule is CC(=O)OC1[C@H](Oc2ccc(NC(=O)CNC(=O)CNC(=O)CONC(=O)OC(C)(C)C)cc2COC(=O)Oc2ccc([N+](=O)[O-])cc2)OC(C)[C@@H](C)[C@@H]1C. The van der Waals surface area contributed by atoms with Gasteiger partial charge in [0.15, 0.2) is 12.7 Å². The first kappa shape index (κ1) is 43.4. The molecular formula is C35H45N5O15. The van der Waals surface area contributed by atoms with Gasteiger partial charge in [-0.15, -0.1) is 0 Å². The number of hydrogen-bond donors (Lipinski definition) is 4. The Labute approximate surface area is 315 Å². The van der Waals surface area contributed by atoms with E-state index in [0.717, 1.165) is 12.1 Å². The standard InChI is InChI=1S/C35H45N5O15/c1-19-20(2)31(52-22(4)41)32(51-21(19)3)54-27-13-8-24(14-23(27)17-49-34(46)53-26-11-9-25(10-12-26)40(47)48)38-29(43)16-36-28(42)15-37-30(44)18-50-39-33(45)55-35(5,6)7/h8-14,19-21,31-32H,15-18H2,1-7H3,(H,36,42)(H,37,44)(H,38,43)(H,39,45)/t19-,20-,21?,31?,32-/m0/s1. The van der Waals surface area contributed by atoms with Crippen LogP contribution in [0.15, 0.2) is 42.5 Å². The molecule has 300 valence electrons. The zero-order valence-corrected chi connectivity index (χ0v) is 31.3. The lowest BCUT2D eigenvalue weighted by atomic mass is 9.84. The third kappa shape index (κ3) is 14.7. The van der Waals surface area contributed by atoms with Crippen LogP contribution in [-0.2, 0) is 49.6 Å². The highest BCUT2D eigenvalue weighted by molar-refractivity contribution is 5.95. The van der Waals surface area contributed by atoms with Gasteiger partial charge in [0.25, 0.3) is 5.69 Å². The number of carbonyl (C=O) groups is 6. The molecule has 0 aromatic heterocycles. The van der Waals surface area contributed by atoms with E-state index in [0.29, 0.717) is 0 Å². The van der Waals surface area contributed by atoms with Crippen LogP contribution in [-0.4, -0.2) is 84.7 Å². The van der Waals surface area contributed by atoms with Gasteiger partial charge in [-0.2, -0.15) is 5.48 Å². The molecule has 20 heteroatoms. The fourth-order valence-corrected chi connectivity index (χ4v) is 4.88. The molecule has 0 radical (unpaired) electrons. The average molecular weight is 776 g/mol. The topological polar surface area (TPSA) is 258 Å². The molecule has 1 fully saturated rings. The Hall–Kier alpha value is -6.02. The van der Waals surface area contributed by atoms with Gasteiger partial charge in [-0.1, -0.05) is 13.8 Å². The summed E-state index contributed by atoms with van der Waals surface area (Å²) in [6, 6.07) is 9.10. The van der Waals surface area contributed by atoms with Gasteiger partial charge in [0.1, 0.15) is 23.7 Å². The molecule has 3 rings (SSSR count). The molecule has 1 aliphatic heterocycles. The van der Waals surface area contributed by atoms with Gasteiger partial charge in [-0.05, 0) is 63.9 Å². The van der Waals surface area contributed by atoms with Crippen LogP contribution in [0.3, 0.4) is 0 Å². The summed E-state index contributed by atoms with van der Waals surface area (Å²) in [5, 5.41) is 18.1. The second-order valence-electron chi connectivity index (χ2n) is 13.3. The first-order valence-corrected chi connectivity index (χ1v) is 17.0. The third-order valence-corrected chi connectivity index (χ3v) is 7.84. The second-order valence-corrected chi connectivity index (χ2v) is 13.3. The molecule has 4 N–H and O–H groups in total. The number of nitrogens with one attached hydrogen (secondary N) is 4. The quantitative estimate of drug-likeness (QED) is 0.0666. The molecule has 0 spiro atoms. The molecule has 1 saturated heterocycles. The van der Waals surface area contributed by atoms with E-state index in [2.05, 4.69) is 16.0 Å². The molecular weight excluding hydrogens is 730 g/mol. The molecule has 0 bridgehead atoms. The summed E-state index contributed by atoms with van der Waals surface area (Å²) in [5.74, 6) is -2.67. The van der Waals surface area contributed by atoms with Crippen molar-refractivity contribution in [3.8, 4) is 11.5 Å². The first-order chi connectivity index (χ1) is 25.8. The van der Waals surface area contributed by atoms with Crippen molar-refractivity contribution in [3.05, 3.63) is 58.1 Å². The Morgan fingerprint density at radius 2 is 1.55 bits per heavy atom. The number of nitro benzene ring substituents is 1. The van der Waals surface area contributed by atoms with Crippen molar-refractivity contribution in [1.82, 2.24) is 16.1 Å². The van der Waals surface area contributed by atoms with Crippen LogP contribution >= 0.6 is 0 Å². The Kier molecular flexibility index (Phi) is 15.7. The van der Waals surface area contributed by atoms with Gasteiger partial charge >= 0.3 is 18.2 Å². The van der Waals surface area contributed by atoms with Crippen molar-refractivity contribution in [1.29, 1.82) is 0 Å². The highest BCUT2D eigenvalue weighted by atomic mass is 16.7. The van der Waals surface area contributed by atoms with E-state index in [1.165, 1.54) is 37.3 Å². The molecule has 20 nitrogen and oxygen atoms in total. The number of ether oxygens (including phenoxy) is 6. The van der Waals surface area contributed by atoms with E-state index >= 15 is 0 Å². The summed E-state index contributed by atoms with van der Waals surface area (Å²) in [4.78, 5) is 88.0. The molecule has 0 saturated carbocycles. The molecule has 2 aromatic carbocycles. The normalized spacial score (nSPS) is 19.1. The van der Waals surface area contributed by atoms with Crippen molar-refractivity contribution in [2.24, 2.45) is 11.8 Å². The number of benzene rings is 2. The Morgan fingerprint density at radius 1 is 0.891 bits per heavy atom. The van der Waals surface area contributed by atoms with Crippen molar-refractivity contribution in [3.63, 3.8) is 0 Å². The van der Waals surface area contributed by atoms with Gasteiger partial charge in [0, 0.05) is 36.2 Å². The monoisotopic (exact) mass is 775 g/mol. The number of rotatable bonds is 15. The van der Waals surface area contributed by atoms with Crippen molar-refractivity contribution in [2.75, 3.05) is 25.0 Å². The van der Waals surface area contributed by atoms with Gasteiger partial charge < -0.3 is 44.4 Å². The van der Waals surface area contributed by atoms with Gasteiger partial charge in [0.05, 0.1) is 24.1 Å². The van der Waals surface area contributed by atoms with E-state index in [4.69, 9.17) is 33.3 Å². The zero-order valence-electron chi connectivity index (χ0n) is 31.3. The average Bonchev–Trinajstić information content (AvgIpc) is 3.09. The molecule has 5 atom stereocenters. The molecule has 0 aliphatic carbocycles. The lowest BCUT2D eigenvalue weighted by Gasteiger charge is -2.42. The minimum Gasteiger partial charge on any atom is -0.460 e. The largest absolute Gasteiger partial charge is 0.514 e. The zero-order chi connectivity index (χ0) is 40.9. The number of nitro groups is 1. The Bertz CT molecular complexity index is 1710. The van der Waals surface area contributed by atoms with Crippen LogP contribution < -0.4 is 30.9 Å². The smallest absolute Gasteiger partial charge is 0.460 e. The summed E-state index contributed by atoms with van der Waals surface area (Å²) in [5.41, 5.74) is 1.37.